The summed E-state index contributed by atoms with van der Waals surface area (Å²) in [4.78, 5) is 45.3. The number of para-hydroxylation sites is 2. The molecule has 0 saturated carbocycles. The van der Waals surface area contributed by atoms with Crippen molar-refractivity contribution < 1.29 is 18.8 Å². The fourth-order valence-corrected chi connectivity index (χ4v) is 7.01. The first-order valence-electron chi connectivity index (χ1n) is 12.8. The van der Waals surface area contributed by atoms with Crippen molar-refractivity contribution in [2.45, 2.75) is 24.4 Å². The van der Waals surface area contributed by atoms with Crippen LogP contribution in [0.1, 0.15) is 39.0 Å². The topological polar surface area (TPSA) is 79.6 Å². The van der Waals surface area contributed by atoms with Crippen molar-refractivity contribution in [2.75, 3.05) is 10.2 Å². The Kier molecular flexibility index (Phi) is 5.19. The van der Waals surface area contributed by atoms with Gasteiger partial charge in [-0.25, -0.2) is 0 Å². The number of carbonyl (C=O) groups is 3. The Morgan fingerprint density at radius 2 is 1.67 bits per heavy atom. The molecule has 192 valence electrons. The minimum absolute atomic E-state index is 0.0994. The summed E-state index contributed by atoms with van der Waals surface area (Å²) in [5.41, 5.74) is 2.93. The lowest BCUT2D eigenvalue weighted by Crippen LogP contribution is -2.51. The van der Waals surface area contributed by atoms with Gasteiger partial charge in [0.25, 0.3) is 0 Å². The average Bonchev–Trinajstić information content (AvgIpc) is 3.66. The summed E-state index contributed by atoms with van der Waals surface area (Å²) in [6.45, 7) is 2.00. The SMILES string of the molecule is CC1=C[C@@H]2N(c3ccccc31)[C@H](C(=O)c1ccccc1Cl)[C@H](C(=O)c1ccco1)[C@]21C(=O)Nc2ccccc21. The van der Waals surface area contributed by atoms with E-state index in [0.29, 0.717) is 16.8 Å². The van der Waals surface area contributed by atoms with Gasteiger partial charge in [0.2, 0.25) is 11.7 Å². The van der Waals surface area contributed by atoms with Crippen molar-refractivity contribution in [3.05, 3.63) is 125 Å². The third-order valence-electron chi connectivity index (χ3n) is 8.34. The Balaban J connectivity index is 1.57. The monoisotopic (exact) mass is 534 g/mol. The Morgan fingerprint density at radius 1 is 0.923 bits per heavy atom. The second-order valence-electron chi connectivity index (χ2n) is 10.2. The molecule has 4 aromatic rings. The van der Waals surface area contributed by atoms with Crippen molar-refractivity contribution >= 4 is 46.0 Å². The molecule has 0 aliphatic carbocycles. The number of fused-ring (bicyclic) bond motifs is 6. The van der Waals surface area contributed by atoms with E-state index in [9.17, 15) is 14.4 Å². The molecule has 1 spiro atoms. The number of ketones is 2. The van der Waals surface area contributed by atoms with Gasteiger partial charge >= 0.3 is 0 Å². The van der Waals surface area contributed by atoms with Crippen LogP contribution in [0.5, 0.6) is 0 Å². The first-order chi connectivity index (χ1) is 18.9. The quantitative estimate of drug-likeness (QED) is 0.316. The highest BCUT2D eigenvalue weighted by molar-refractivity contribution is 6.34. The van der Waals surface area contributed by atoms with E-state index in [-0.39, 0.29) is 22.5 Å². The van der Waals surface area contributed by atoms with E-state index < -0.39 is 29.2 Å². The molecule has 3 aliphatic heterocycles. The number of allylic oxidation sites excluding steroid dienone is 1. The van der Waals surface area contributed by atoms with Crippen LogP contribution >= 0.6 is 11.6 Å². The van der Waals surface area contributed by atoms with E-state index in [2.05, 4.69) is 5.32 Å². The number of Topliss-reactive ketones (excluding diaryl/α,β-unsaturated/α-hetero) is 2. The number of amides is 1. The molecule has 0 unspecified atom stereocenters. The number of rotatable bonds is 4. The molecule has 0 bridgehead atoms. The lowest BCUT2D eigenvalue weighted by atomic mass is 9.64. The molecule has 1 N–H and O–H groups in total. The molecule has 6 nitrogen and oxygen atoms in total. The summed E-state index contributed by atoms with van der Waals surface area (Å²) in [7, 11) is 0. The molecule has 39 heavy (non-hydrogen) atoms. The summed E-state index contributed by atoms with van der Waals surface area (Å²) < 4.78 is 5.58. The normalized spacial score (nSPS) is 24.6. The highest BCUT2D eigenvalue weighted by atomic mass is 35.5. The molecule has 7 rings (SSSR count). The second-order valence-corrected chi connectivity index (χ2v) is 10.6. The highest BCUT2D eigenvalue weighted by Crippen LogP contribution is 2.59. The standard InChI is InChI=1S/C32H23ClN2O4/c1-18-17-26-32(21-11-4-6-13-23(21)34-31(32)38)27(30(37)25-15-8-16-39-25)28(29(36)20-10-2-5-12-22(20)33)35(26)24-14-7-3-9-19(18)24/h2-17,26-28H,1H3,(H,34,38)/t26-,27+,28-,32+/m0/s1. The predicted molar refractivity (Wildman–Crippen MR) is 149 cm³/mol. The van der Waals surface area contributed by atoms with E-state index in [1.807, 2.05) is 66.4 Å². The third-order valence-corrected chi connectivity index (χ3v) is 8.67. The van der Waals surface area contributed by atoms with Gasteiger partial charge in [-0.15, -0.1) is 0 Å². The first-order valence-corrected chi connectivity index (χ1v) is 13.2. The number of nitrogens with one attached hydrogen (secondary N) is 1. The van der Waals surface area contributed by atoms with Crippen molar-refractivity contribution in [2.24, 2.45) is 5.92 Å². The van der Waals surface area contributed by atoms with Crippen molar-refractivity contribution in [3.8, 4) is 0 Å². The number of hydrogen-bond donors (Lipinski definition) is 1. The summed E-state index contributed by atoms with van der Waals surface area (Å²) in [6.07, 6.45) is 3.45. The lowest BCUT2D eigenvalue weighted by molar-refractivity contribution is -0.121. The van der Waals surface area contributed by atoms with Crippen LogP contribution in [0.15, 0.2) is 102 Å². The van der Waals surface area contributed by atoms with Gasteiger partial charge in [-0.1, -0.05) is 66.2 Å². The minimum atomic E-state index is -1.39. The molecule has 3 aliphatic rings. The smallest absolute Gasteiger partial charge is 0.238 e. The van der Waals surface area contributed by atoms with Crippen LogP contribution in [0.3, 0.4) is 0 Å². The van der Waals surface area contributed by atoms with Gasteiger partial charge in [0, 0.05) is 22.5 Å². The molecule has 0 radical (unpaired) electrons. The zero-order valence-corrected chi connectivity index (χ0v) is 21.7. The molecule has 4 heterocycles. The number of benzene rings is 3. The Morgan fingerprint density at radius 3 is 2.46 bits per heavy atom. The number of hydrogen-bond acceptors (Lipinski definition) is 5. The van der Waals surface area contributed by atoms with Crippen molar-refractivity contribution in [1.29, 1.82) is 0 Å². The van der Waals surface area contributed by atoms with E-state index >= 15 is 0 Å². The molecule has 1 saturated heterocycles. The predicted octanol–water partition coefficient (Wildman–Crippen LogP) is 6.18. The summed E-state index contributed by atoms with van der Waals surface area (Å²) in [6, 6.07) is 23.6. The summed E-state index contributed by atoms with van der Waals surface area (Å²) >= 11 is 6.55. The molecule has 1 fully saturated rings. The minimum Gasteiger partial charge on any atom is -0.461 e. The van der Waals surface area contributed by atoms with Gasteiger partial charge < -0.3 is 14.6 Å². The second kappa shape index (κ2) is 8.55. The molecule has 1 aromatic heterocycles. The van der Waals surface area contributed by atoms with Crippen LogP contribution in [0.4, 0.5) is 11.4 Å². The summed E-state index contributed by atoms with van der Waals surface area (Å²) in [5, 5.41) is 3.32. The van der Waals surface area contributed by atoms with Crippen molar-refractivity contribution in [3.63, 3.8) is 0 Å². The molecular weight excluding hydrogens is 512 g/mol. The maximum absolute atomic E-state index is 14.6. The first kappa shape index (κ1) is 23.7. The lowest BCUT2D eigenvalue weighted by Gasteiger charge is -2.39. The van der Waals surface area contributed by atoms with Crippen LogP contribution in [0.25, 0.3) is 5.57 Å². The Hall–Kier alpha value is -4.42. The maximum atomic E-state index is 14.6. The Labute approximate surface area is 229 Å². The van der Waals surface area contributed by atoms with Gasteiger partial charge in [-0.3, -0.25) is 14.4 Å². The number of halogens is 1. The van der Waals surface area contributed by atoms with E-state index in [1.165, 1.54) is 6.26 Å². The molecule has 1 amide bonds. The fourth-order valence-electron chi connectivity index (χ4n) is 6.78. The molecule has 7 heteroatoms. The molecular formula is C32H23ClN2O4. The number of anilines is 2. The van der Waals surface area contributed by atoms with E-state index in [0.717, 1.165) is 16.8 Å². The Bertz CT molecular complexity index is 1710. The molecule has 4 atom stereocenters. The van der Waals surface area contributed by atoms with Gasteiger partial charge in [0.15, 0.2) is 11.5 Å². The van der Waals surface area contributed by atoms with Crippen LogP contribution in [-0.4, -0.2) is 29.6 Å². The maximum Gasteiger partial charge on any atom is 0.238 e. The number of nitrogens with zero attached hydrogens (tertiary/aromatic N) is 1. The van der Waals surface area contributed by atoms with E-state index in [1.54, 1.807) is 36.4 Å². The van der Waals surface area contributed by atoms with Gasteiger partial charge in [0.05, 0.1) is 23.2 Å². The van der Waals surface area contributed by atoms with Gasteiger partial charge in [-0.2, -0.15) is 0 Å². The largest absolute Gasteiger partial charge is 0.461 e. The fraction of sp³-hybridized carbons (Fsp3) is 0.156. The van der Waals surface area contributed by atoms with Crippen LogP contribution in [0.2, 0.25) is 5.02 Å². The van der Waals surface area contributed by atoms with Crippen molar-refractivity contribution in [1.82, 2.24) is 0 Å². The number of furan rings is 1. The number of carbonyl (C=O) groups excluding carboxylic acids is 3. The van der Waals surface area contributed by atoms with Gasteiger partial charge in [0.1, 0.15) is 11.5 Å². The molecule has 3 aromatic carbocycles. The zero-order valence-electron chi connectivity index (χ0n) is 20.9. The van der Waals surface area contributed by atoms with Crippen LogP contribution in [0, 0.1) is 5.92 Å². The summed E-state index contributed by atoms with van der Waals surface area (Å²) in [5.74, 6) is -2.05. The van der Waals surface area contributed by atoms with Crippen LogP contribution < -0.4 is 10.2 Å². The van der Waals surface area contributed by atoms with E-state index in [4.69, 9.17) is 16.0 Å². The van der Waals surface area contributed by atoms with Gasteiger partial charge in [-0.05, 0) is 54.5 Å². The highest BCUT2D eigenvalue weighted by Gasteiger charge is 2.70. The zero-order chi connectivity index (χ0) is 26.9. The average molecular weight is 535 g/mol. The third kappa shape index (κ3) is 3.12. The van der Waals surface area contributed by atoms with Crippen LogP contribution in [-0.2, 0) is 10.2 Å².